The van der Waals surface area contributed by atoms with Gasteiger partial charge >= 0.3 is 0 Å². The molecule has 3 nitrogen and oxygen atoms in total. The van der Waals surface area contributed by atoms with Gasteiger partial charge in [-0.25, -0.2) is 0 Å². The number of nitrogens with zero attached hydrogens (tertiary/aromatic N) is 1. The van der Waals surface area contributed by atoms with Gasteiger partial charge in [-0.15, -0.1) is 0 Å². The molecule has 0 bridgehead atoms. The summed E-state index contributed by atoms with van der Waals surface area (Å²) in [4.78, 5) is 11.7. The van der Waals surface area contributed by atoms with E-state index in [-0.39, 0.29) is 5.56 Å². The minimum atomic E-state index is 0.0940. The van der Waals surface area contributed by atoms with Crippen molar-refractivity contribution in [2.24, 2.45) is 0 Å². The zero-order valence-electron chi connectivity index (χ0n) is 9.22. The van der Waals surface area contributed by atoms with Crippen LogP contribution in [0.15, 0.2) is 21.5 Å². The second-order valence-corrected chi connectivity index (χ2v) is 4.51. The molecule has 0 fully saturated rings. The molecule has 1 rings (SSSR count). The Morgan fingerprint density at radius 2 is 2.20 bits per heavy atom. The van der Waals surface area contributed by atoms with Crippen molar-refractivity contribution in [1.82, 2.24) is 9.88 Å². The first-order valence-electron chi connectivity index (χ1n) is 5.22. The number of aryl methyl sites for hydroxylation is 1. The molecule has 1 heterocycles. The van der Waals surface area contributed by atoms with Crippen LogP contribution >= 0.6 is 15.9 Å². The zero-order valence-corrected chi connectivity index (χ0v) is 10.8. The van der Waals surface area contributed by atoms with Crippen molar-refractivity contribution in [3.8, 4) is 0 Å². The second kappa shape index (κ2) is 6.08. The standard InChI is InChI=1S/C11H17BrN2O/c1-3-4-13-5-6-14-8-10(12)7-9(2)11(14)15/h7-8,13H,3-6H2,1-2H3. The van der Waals surface area contributed by atoms with Gasteiger partial charge in [0.1, 0.15) is 0 Å². The van der Waals surface area contributed by atoms with Gasteiger partial charge in [0.15, 0.2) is 0 Å². The molecule has 0 spiro atoms. The van der Waals surface area contributed by atoms with Crippen LogP contribution in [0.2, 0.25) is 0 Å². The van der Waals surface area contributed by atoms with Gasteiger partial charge in [-0.2, -0.15) is 0 Å². The number of hydrogen-bond donors (Lipinski definition) is 1. The molecular formula is C11H17BrN2O. The Kier molecular flexibility index (Phi) is 5.05. The van der Waals surface area contributed by atoms with E-state index in [1.165, 1.54) is 0 Å². The lowest BCUT2D eigenvalue weighted by molar-refractivity contribution is 0.579. The minimum absolute atomic E-state index is 0.0940. The summed E-state index contributed by atoms with van der Waals surface area (Å²) >= 11 is 3.39. The van der Waals surface area contributed by atoms with Crippen molar-refractivity contribution in [3.05, 3.63) is 32.7 Å². The highest BCUT2D eigenvalue weighted by Crippen LogP contribution is 2.07. The van der Waals surface area contributed by atoms with Crippen LogP contribution in [0.3, 0.4) is 0 Å². The predicted molar refractivity (Wildman–Crippen MR) is 66.3 cm³/mol. The molecule has 1 aromatic rings. The molecule has 15 heavy (non-hydrogen) atoms. The maximum absolute atomic E-state index is 11.7. The van der Waals surface area contributed by atoms with Gasteiger partial charge in [0, 0.05) is 29.3 Å². The molecule has 0 radical (unpaired) electrons. The number of halogens is 1. The van der Waals surface area contributed by atoms with Gasteiger partial charge in [-0.1, -0.05) is 6.92 Å². The van der Waals surface area contributed by atoms with Crippen LogP contribution in [0.4, 0.5) is 0 Å². The van der Waals surface area contributed by atoms with Crippen LogP contribution in [0, 0.1) is 6.92 Å². The topological polar surface area (TPSA) is 34.0 Å². The average Bonchev–Trinajstić information content (AvgIpc) is 2.19. The lowest BCUT2D eigenvalue weighted by Gasteiger charge is -2.08. The molecule has 1 aromatic heterocycles. The number of nitrogens with one attached hydrogen (secondary N) is 1. The molecule has 0 unspecified atom stereocenters. The van der Waals surface area contributed by atoms with Gasteiger partial charge in [0.2, 0.25) is 0 Å². The van der Waals surface area contributed by atoms with E-state index in [1.54, 1.807) is 4.57 Å². The first kappa shape index (κ1) is 12.5. The van der Waals surface area contributed by atoms with E-state index in [0.717, 1.165) is 36.1 Å². The van der Waals surface area contributed by atoms with E-state index in [9.17, 15) is 4.79 Å². The molecule has 0 saturated carbocycles. The highest BCUT2D eigenvalue weighted by molar-refractivity contribution is 9.10. The third-order valence-corrected chi connectivity index (χ3v) is 2.62. The lowest BCUT2D eigenvalue weighted by atomic mass is 10.3. The fourth-order valence-corrected chi connectivity index (χ4v) is 2.00. The van der Waals surface area contributed by atoms with E-state index < -0.39 is 0 Å². The van der Waals surface area contributed by atoms with Crippen molar-refractivity contribution in [1.29, 1.82) is 0 Å². The summed E-state index contributed by atoms with van der Waals surface area (Å²) in [5, 5.41) is 3.27. The van der Waals surface area contributed by atoms with Crippen LogP contribution in [0.25, 0.3) is 0 Å². The van der Waals surface area contributed by atoms with Gasteiger partial charge < -0.3 is 9.88 Å². The molecule has 0 aliphatic carbocycles. The first-order valence-corrected chi connectivity index (χ1v) is 6.01. The number of pyridine rings is 1. The number of aromatic nitrogens is 1. The summed E-state index contributed by atoms with van der Waals surface area (Å²) in [5.74, 6) is 0. The Bertz CT molecular complexity index is 373. The third-order valence-electron chi connectivity index (χ3n) is 2.19. The Balaban J connectivity index is 2.64. The fourth-order valence-electron chi connectivity index (χ4n) is 1.41. The molecule has 0 saturated heterocycles. The lowest BCUT2D eigenvalue weighted by Crippen LogP contribution is -2.28. The first-order chi connectivity index (χ1) is 7.15. The molecule has 0 amide bonds. The van der Waals surface area contributed by atoms with Crippen LogP contribution in [0.1, 0.15) is 18.9 Å². The number of hydrogen-bond acceptors (Lipinski definition) is 2. The Labute approximate surface area is 98.6 Å². The van der Waals surface area contributed by atoms with Crippen LogP contribution in [-0.2, 0) is 6.54 Å². The summed E-state index contributed by atoms with van der Waals surface area (Å²) in [5.41, 5.74) is 0.872. The minimum Gasteiger partial charge on any atom is -0.315 e. The molecule has 0 aliphatic heterocycles. The van der Waals surface area contributed by atoms with E-state index in [0.29, 0.717) is 0 Å². The SMILES string of the molecule is CCCNCCn1cc(Br)cc(C)c1=O. The monoisotopic (exact) mass is 272 g/mol. The van der Waals surface area contributed by atoms with Crippen molar-refractivity contribution in [3.63, 3.8) is 0 Å². The highest BCUT2D eigenvalue weighted by Gasteiger charge is 2.00. The second-order valence-electron chi connectivity index (χ2n) is 3.59. The van der Waals surface area contributed by atoms with Gasteiger partial charge in [0.25, 0.3) is 5.56 Å². The molecule has 1 N–H and O–H groups in total. The summed E-state index contributed by atoms with van der Waals surface area (Å²) in [6.07, 6.45) is 2.95. The highest BCUT2D eigenvalue weighted by atomic mass is 79.9. The predicted octanol–water partition coefficient (Wildman–Crippen LogP) is 1.92. The average molecular weight is 273 g/mol. The number of rotatable bonds is 5. The van der Waals surface area contributed by atoms with Crippen LogP contribution in [0.5, 0.6) is 0 Å². The summed E-state index contributed by atoms with van der Waals surface area (Å²) in [6, 6.07) is 1.85. The van der Waals surface area contributed by atoms with Gasteiger partial charge in [-0.05, 0) is 41.9 Å². The van der Waals surface area contributed by atoms with E-state index >= 15 is 0 Å². The van der Waals surface area contributed by atoms with E-state index in [2.05, 4.69) is 28.2 Å². The quantitative estimate of drug-likeness (QED) is 0.832. The molecule has 84 valence electrons. The van der Waals surface area contributed by atoms with E-state index in [1.807, 2.05) is 19.2 Å². The molecule has 4 heteroatoms. The van der Waals surface area contributed by atoms with Crippen molar-refractivity contribution in [2.45, 2.75) is 26.8 Å². The molecular weight excluding hydrogens is 256 g/mol. The third kappa shape index (κ3) is 3.80. The smallest absolute Gasteiger partial charge is 0.253 e. The summed E-state index contributed by atoms with van der Waals surface area (Å²) in [7, 11) is 0. The maximum atomic E-state index is 11.7. The summed E-state index contributed by atoms with van der Waals surface area (Å²) < 4.78 is 2.69. The van der Waals surface area contributed by atoms with E-state index in [4.69, 9.17) is 0 Å². The van der Waals surface area contributed by atoms with Crippen molar-refractivity contribution >= 4 is 15.9 Å². The Hall–Kier alpha value is -0.610. The van der Waals surface area contributed by atoms with Crippen molar-refractivity contribution in [2.75, 3.05) is 13.1 Å². The Morgan fingerprint density at radius 3 is 2.87 bits per heavy atom. The zero-order chi connectivity index (χ0) is 11.3. The van der Waals surface area contributed by atoms with Crippen molar-refractivity contribution < 1.29 is 0 Å². The van der Waals surface area contributed by atoms with Gasteiger partial charge in [0.05, 0.1) is 0 Å². The van der Waals surface area contributed by atoms with Crippen LogP contribution in [-0.4, -0.2) is 17.7 Å². The normalized spacial score (nSPS) is 10.6. The molecule has 0 aromatic carbocycles. The van der Waals surface area contributed by atoms with Gasteiger partial charge in [-0.3, -0.25) is 4.79 Å². The van der Waals surface area contributed by atoms with Crippen LogP contribution < -0.4 is 10.9 Å². The largest absolute Gasteiger partial charge is 0.315 e. The molecule has 0 aliphatic rings. The fraction of sp³-hybridized carbons (Fsp3) is 0.545. The maximum Gasteiger partial charge on any atom is 0.253 e. The Morgan fingerprint density at radius 1 is 1.47 bits per heavy atom. The summed E-state index contributed by atoms with van der Waals surface area (Å²) in [6.45, 7) is 6.52. The molecule has 0 atom stereocenters.